The number of hydrogen-bond donors (Lipinski definition) is 2. The normalized spacial score (nSPS) is 19.5. The van der Waals surface area contributed by atoms with Gasteiger partial charge in [0.15, 0.2) is 0 Å². The van der Waals surface area contributed by atoms with Crippen LogP contribution in [0.3, 0.4) is 0 Å². The van der Waals surface area contributed by atoms with Crippen LogP contribution in [-0.2, 0) is 16.0 Å². The third kappa shape index (κ3) is 2.72. The second-order valence-electron chi connectivity index (χ2n) is 3.75. The van der Waals surface area contributed by atoms with Crippen LogP contribution in [0.15, 0.2) is 18.3 Å². The van der Waals surface area contributed by atoms with Gasteiger partial charge in [-0.15, -0.1) is 0 Å². The molecule has 90 valence electrons. The Morgan fingerprint density at radius 2 is 2.35 bits per heavy atom. The molecule has 2 amide bonds. The molecule has 1 aliphatic heterocycles. The van der Waals surface area contributed by atoms with Crippen LogP contribution in [0.5, 0.6) is 5.88 Å². The van der Waals surface area contributed by atoms with Gasteiger partial charge in [0.25, 0.3) is 0 Å². The fraction of sp³-hybridized carbons (Fsp3) is 0.364. The second kappa shape index (κ2) is 4.82. The van der Waals surface area contributed by atoms with Crippen LogP contribution < -0.4 is 15.4 Å². The molecule has 1 fully saturated rings. The molecule has 0 spiro atoms. The van der Waals surface area contributed by atoms with Gasteiger partial charge in [0, 0.05) is 18.7 Å². The molecule has 1 aliphatic rings. The van der Waals surface area contributed by atoms with Gasteiger partial charge in [-0.3, -0.25) is 9.59 Å². The highest BCUT2D eigenvalue weighted by molar-refractivity contribution is 5.94. The van der Waals surface area contributed by atoms with E-state index in [0.717, 1.165) is 5.56 Å². The molecule has 0 bridgehead atoms. The SMILES string of the molecule is COc1cc(CC2NC(=O)CNC2=O)ccn1. The maximum absolute atomic E-state index is 11.5. The van der Waals surface area contributed by atoms with Crippen molar-refractivity contribution in [2.24, 2.45) is 0 Å². The van der Waals surface area contributed by atoms with Crippen LogP contribution in [-0.4, -0.2) is 36.5 Å². The van der Waals surface area contributed by atoms with Gasteiger partial charge in [-0.05, 0) is 11.6 Å². The molecule has 0 radical (unpaired) electrons. The highest BCUT2D eigenvalue weighted by atomic mass is 16.5. The smallest absolute Gasteiger partial charge is 0.243 e. The molecule has 1 unspecified atom stereocenters. The number of aromatic nitrogens is 1. The lowest BCUT2D eigenvalue weighted by molar-refractivity contribution is -0.133. The molecular formula is C11H13N3O3. The van der Waals surface area contributed by atoms with E-state index in [1.165, 1.54) is 7.11 Å². The van der Waals surface area contributed by atoms with Gasteiger partial charge < -0.3 is 15.4 Å². The number of ether oxygens (including phenoxy) is 1. The van der Waals surface area contributed by atoms with E-state index < -0.39 is 6.04 Å². The van der Waals surface area contributed by atoms with Crippen molar-refractivity contribution < 1.29 is 14.3 Å². The van der Waals surface area contributed by atoms with Crippen LogP contribution in [0, 0.1) is 0 Å². The number of rotatable bonds is 3. The lowest BCUT2D eigenvalue weighted by Crippen LogP contribution is -2.56. The van der Waals surface area contributed by atoms with Gasteiger partial charge in [-0.2, -0.15) is 0 Å². The van der Waals surface area contributed by atoms with E-state index in [4.69, 9.17) is 4.74 Å². The summed E-state index contributed by atoms with van der Waals surface area (Å²) in [5.41, 5.74) is 0.888. The highest BCUT2D eigenvalue weighted by Crippen LogP contribution is 2.11. The molecule has 2 heterocycles. The summed E-state index contributed by atoms with van der Waals surface area (Å²) in [6, 6.07) is 3.01. The third-order valence-electron chi connectivity index (χ3n) is 2.52. The molecule has 1 saturated heterocycles. The third-order valence-corrected chi connectivity index (χ3v) is 2.52. The Balaban J connectivity index is 2.08. The summed E-state index contributed by atoms with van der Waals surface area (Å²) in [6.45, 7) is 0.0506. The Morgan fingerprint density at radius 3 is 3.12 bits per heavy atom. The number of amides is 2. The number of hydrogen-bond acceptors (Lipinski definition) is 4. The molecule has 0 aromatic carbocycles. The Hall–Kier alpha value is -2.11. The van der Waals surface area contributed by atoms with Crippen LogP contribution in [0.1, 0.15) is 5.56 Å². The van der Waals surface area contributed by atoms with Gasteiger partial charge >= 0.3 is 0 Å². The van der Waals surface area contributed by atoms with Gasteiger partial charge in [0.2, 0.25) is 17.7 Å². The number of methoxy groups -OCH3 is 1. The number of pyridine rings is 1. The monoisotopic (exact) mass is 235 g/mol. The summed E-state index contributed by atoms with van der Waals surface area (Å²) in [4.78, 5) is 26.7. The van der Waals surface area contributed by atoms with E-state index in [1.807, 2.05) is 0 Å². The van der Waals surface area contributed by atoms with Gasteiger partial charge in [-0.25, -0.2) is 4.98 Å². The number of carbonyl (C=O) groups excluding carboxylic acids is 2. The highest BCUT2D eigenvalue weighted by Gasteiger charge is 2.25. The first-order chi connectivity index (χ1) is 8.19. The number of nitrogens with one attached hydrogen (secondary N) is 2. The molecule has 0 saturated carbocycles. The predicted octanol–water partition coefficient (Wildman–Crippen LogP) is -0.753. The van der Waals surface area contributed by atoms with E-state index in [2.05, 4.69) is 15.6 Å². The van der Waals surface area contributed by atoms with Crippen LogP contribution >= 0.6 is 0 Å². The molecule has 17 heavy (non-hydrogen) atoms. The fourth-order valence-corrected chi connectivity index (χ4v) is 1.67. The van der Waals surface area contributed by atoms with Crippen LogP contribution in [0.2, 0.25) is 0 Å². The molecule has 1 aromatic rings. The fourth-order valence-electron chi connectivity index (χ4n) is 1.67. The largest absolute Gasteiger partial charge is 0.481 e. The molecule has 1 atom stereocenters. The van der Waals surface area contributed by atoms with Crippen LogP contribution in [0.4, 0.5) is 0 Å². The first-order valence-corrected chi connectivity index (χ1v) is 5.25. The van der Waals surface area contributed by atoms with Crippen LogP contribution in [0.25, 0.3) is 0 Å². The Morgan fingerprint density at radius 1 is 1.53 bits per heavy atom. The molecule has 0 aliphatic carbocycles. The van der Waals surface area contributed by atoms with E-state index in [1.54, 1.807) is 18.3 Å². The second-order valence-corrected chi connectivity index (χ2v) is 3.75. The molecule has 6 heteroatoms. The first-order valence-electron chi connectivity index (χ1n) is 5.25. The standard InChI is InChI=1S/C11H13N3O3/c1-17-10-5-7(2-3-12-10)4-8-11(16)13-6-9(15)14-8/h2-3,5,8H,4,6H2,1H3,(H,13,16)(H,14,15). The lowest BCUT2D eigenvalue weighted by atomic mass is 10.1. The maximum atomic E-state index is 11.5. The molecule has 1 aromatic heterocycles. The molecule has 2 rings (SSSR count). The zero-order valence-corrected chi connectivity index (χ0v) is 9.40. The minimum absolute atomic E-state index is 0.0506. The van der Waals surface area contributed by atoms with Crippen molar-refractivity contribution in [1.82, 2.24) is 15.6 Å². The average molecular weight is 235 g/mol. The lowest BCUT2D eigenvalue weighted by Gasteiger charge is -2.23. The summed E-state index contributed by atoms with van der Waals surface area (Å²) in [5.74, 6) is 0.154. The molecule has 2 N–H and O–H groups in total. The quantitative estimate of drug-likeness (QED) is 0.722. The summed E-state index contributed by atoms with van der Waals surface area (Å²) in [5, 5.41) is 5.17. The minimum atomic E-state index is -0.525. The number of carbonyl (C=O) groups is 2. The summed E-state index contributed by atoms with van der Waals surface area (Å²) in [6.07, 6.45) is 2.03. The van der Waals surface area contributed by atoms with Crippen molar-refractivity contribution in [3.8, 4) is 5.88 Å². The minimum Gasteiger partial charge on any atom is -0.481 e. The number of nitrogens with zero attached hydrogens (tertiary/aromatic N) is 1. The summed E-state index contributed by atoms with van der Waals surface area (Å²) in [7, 11) is 1.53. The zero-order chi connectivity index (χ0) is 12.3. The van der Waals surface area contributed by atoms with Crippen molar-refractivity contribution in [3.05, 3.63) is 23.9 Å². The van der Waals surface area contributed by atoms with Crippen molar-refractivity contribution >= 4 is 11.8 Å². The first kappa shape index (κ1) is 11.4. The number of piperazine rings is 1. The van der Waals surface area contributed by atoms with Gasteiger partial charge in [0.05, 0.1) is 13.7 Å². The Kier molecular flexibility index (Phi) is 3.22. The predicted molar refractivity (Wildman–Crippen MR) is 59.4 cm³/mol. The summed E-state index contributed by atoms with van der Waals surface area (Å²) < 4.78 is 4.99. The average Bonchev–Trinajstić information content (AvgIpc) is 2.34. The van der Waals surface area contributed by atoms with Crippen molar-refractivity contribution in [3.63, 3.8) is 0 Å². The van der Waals surface area contributed by atoms with Crippen molar-refractivity contribution in [2.75, 3.05) is 13.7 Å². The molecule has 6 nitrogen and oxygen atoms in total. The van der Waals surface area contributed by atoms with Gasteiger partial charge in [0.1, 0.15) is 6.04 Å². The summed E-state index contributed by atoms with van der Waals surface area (Å²) >= 11 is 0. The molecular weight excluding hydrogens is 222 g/mol. The van der Waals surface area contributed by atoms with E-state index in [0.29, 0.717) is 12.3 Å². The van der Waals surface area contributed by atoms with E-state index >= 15 is 0 Å². The van der Waals surface area contributed by atoms with E-state index in [-0.39, 0.29) is 18.4 Å². The maximum Gasteiger partial charge on any atom is 0.243 e. The Labute approximate surface area is 98.4 Å². The van der Waals surface area contributed by atoms with Crippen molar-refractivity contribution in [1.29, 1.82) is 0 Å². The zero-order valence-electron chi connectivity index (χ0n) is 9.40. The Bertz CT molecular complexity index is 447. The topological polar surface area (TPSA) is 80.3 Å². The van der Waals surface area contributed by atoms with Crippen molar-refractivity contribution in [2.45, 2.75) is 12.5 Å². The van der Waals surface area contributed by atoms with Gasteiger partial charge in [-0.1, -0.05) is 0 Å². The van der Waals surface area contributed by atoms with E-state index in [9.17, 15) is 9.59 Å².